The minimum atomic E-state index is -0.270. The second-order valence-corrected chi connectivity index (χ2v) is 6.01. The summed E-state index contributed by atoms with van der Waals surface area (Å²) in [5.74, 6) is -0.119. The van der Waals surface area contributed by atoms with Crippen LogP contribution in [0.3, 0.4) is 0 Å². The van der Waals surface area contributed by atoms with E-state index in [0.29, 0.717) is 10.5 Å². The van der Waals surface area contributed by atoms with Crippen molar-refractivity contribution in [3.63, 3.8) is 0 Å². The van der Waals surface area contributed by atoms with E-state index in [4.69, 9.17) is 0 Å². The summed E-state index contributed by atoms with van der Waals surface area (Å²) >= 11 is 3.17. The van der Waals surface area contributed by atoms with Crippen molar-refractivity contribution in [3.05, 3.63) is 64.1 Å². The Labute approximate surface area is 125 Å². The zero-order chi connectivity index (χ0) is 14.1. The third-order valence-electron chi connectivity index (χ3n) is 3.77. The number of anilines is 1. The second kappa shape index (κ2) is 5.52. The Balaban J connectivity index is 1.61. The van der Waals surface area contributed by atoms with Crippen LogP contribution in [0.4, 0.5) is 14.5 Å². The van der Waals surface area contributed by atoms with Crippen LogP contribution in [0.5, 0.6) is 0 Å². The van der Waals surface area contributed by atoms with E-state index in [1.54, 1.807) is 18.2 Å². The summed E-state index contributed by atoms with van der Waals surface area (Å²) in [4.78, 5) is 0. The summed E-state index contributed by atoms with van der Waals surface area (Å²) < 4.78 is 27.2. The van der Waals surface area contributed by atoms with Gasteiger partial charge in [-0.2, -0.15) is 0 Å². The van der Waals surface area contributed by atoms with Gasteiger partial charge >= 0.3 is 0 Å². The molecule has 0 heterocycles. The second-order valence-electron chi connectivity index (χ2n) is 5.16. The van der Waals surface area contributed by atoms with Gasteiger partial charge in [0.25, 0.3) is 0 Å². The van der Waals surface area contributed by atoms with E-state index in [0.717, 1.165) is 24.1 Å². The molecule has 2 aromatic carbocycles. The molecule has 4 heteroatoms. The van der Waals surface area contributed by atoms with E-state index in [1.165, 1.54) is 12.1 Å². The highest BCUT2D eigenvalue weighted by atomic mass is 79.9. The van der Waals surface area contributed by atoms with Crippen molar-refractivity contribution in [1.82, 2.24) is 0 Å². The molecule has 20 heavy (non-hydrogen) atoms. The predicted molar refractivity (Wildman–Crippen MR) is 79.9 cm³/mol. The quantitative estimate of drug-likeness (QED) is 0.822. The Morgan fingerprint density at radius 3 is 2.45 bits per heavy atom. The molecule has 0 atom stereocenters. The van der Waals surface area contributed by atoms with E-state index >= 15 is 0 Å². The highest BCUT2D eigenvalue weighted by molar-refractivity contribution is 9.10. The molecule has 0 amide bonds. The van der Waals surface area contributed by atoms with Gasteiger partial charge in [-0.3, -0.25) is 0 Å². The standard InChI is InChI=1S/C16H14BrF2N/c17-14-9-11(5-6-16(14)19)20-12-7-10(8-12)13-3-1-2-4-15(13)18/h1-6,9-10,12,20H,7-8H2. The third kappa shape index (κ3) is 2.70. The molecule has 1 fully saturated rings. The lowest BCUT2D eigenvalue weighted by molar-refractivity contribution is 0.363. The van der Waals surface area contributed by atoms with Gasteiger partial charge in [-0.25, -0.2) is 8.78 Å². The molecule has 0 unspecified atom stereocenters. The molecular formula is C16H14BrF2N. The maximum atomic E-state index is 13.6. The van der Waals surface area contributed by atoms with Gasteiger partial charge in [0.05, 0.1) is 4.47 Å². The van der Waals surface area contributed by atoms with Crippen molar-refractivity contribution in [2.45, 2.75) is 24.8 Å². The molecule has 1 aliphatic carbocycles. The molecule has 0 spiro atoms. The summed E-state index contributed by atoms with van der Waals surface area (Å²) in [6.45, 7) is 0. The lowest BCUT2D eigenvalue weighted by atomic mass is 9.75. The predicted octanol–water partition coefficient (Wildman–Crippen LogP) is 5.09. The normalized spacial score (nSPS) is 21.4. The first-order valence-electron chi connectivity index (χ1n) is 6.59. The molecule has 104 valence electrons. The largest absolute Gasteiger partial charge is 0.382 e. The van der Waals surface area contributed by atoms with E-state index in [1.807, 2.05) is 12.1 Å². The number of nitrogens with one attached hydrogen (secondary N) is 1. The van der Waals surface area contributed by atoms with E-state index in [2.05, 4.69) is 21.2 Å². The van der Waals surface area contributed by atoms with E-state index in [-0.39, 0.29) is 17.6 Å². The van der Waals surface area contributed by atoms with Gasteiger partial charge in [-0.1, -0.05) is 18.2 Å². The Morgan fingerprint density at radius 1 is 1.00 bits per heavy atom. The maximum Gasteiger partial charge on any atom is 0.137 e. The van der Waals surface area contributed by atoms with Gasteiger partial charge in [0.2, 0.25) is 0 Å². The number of rotatable bonds is 3. The monoisotopic (exact) mass is 337 g/mol. The smallest absolute Gasteiger partial charge is 0.137 e. The van der Waals surface area contributed by atoms with Crippen LogP contribution < -0.4 is 5.32 Å². The first kappa shape index (κ1) is 13.6. The maximum absolute atomic E-state index is 13.6. The number of halogens is 3. The first-order valence-corrected chi connectivity index (χ1v) is 7.39. The molecule has 1 N–H and O–H groups in total. The average Bonchev–Trinajstić information content (AvgIpc) is 2.39. The average molecular weight is 338 g/mol. The van der Waals surface area contributed by atoms with Crippen molar-refractivity contribution in [1.29, 1.82) is 0 Å². The molecular weight excluding hydrogens is 324 g/mol. The number of hydrogen-bond donors (Lipinski definition) is 1. The fourth-order valence-corrected chi connectivity index (χ4v) is 3.00. The van der Waals surface area contributed by atoms with Gasteiger partial charge in [-0.15, -0.1) is 0 Å². The Bertz CT molecular complexity index is 624. The van der Waals surface area contributed by atoms with Crippen molar-refractivity contribution < 1.29 is 8.78 Å². The fourth-order valence-electron chi connectivity index (χ4n) is 2.62. The lowest BCUT2D eigenvalue weighted by Crippen LogP contribution is -2.34. The van der Waals surface area contributed by atoms with Crippen LogP contribution in [0.15, 0.2) is 46.9 Å². The highest BCUT2D eigenvalue weighted by Crippen LogP contribution is 2.39. The fraction of sp³-hybridized carbons (Fsp3) is 0.250. The number of hydrogen-bond acceptors (Lipinski definition) is 1. The summed E-state index contributed by atoms with van der Waals surface area (Å²) in [6, 6.07) is 12.1. The molecule has 3 rings (SSSR count). The molecule has 0 radical (unpaired) electrons. The molecule has 1 aliphatic rings. The molecule has 0 bridgehead atoms. The molecule has 2 aromatic rings. The van der Waals surface area contributed by atoms with Crippen molar-refractivity contribution >= 4 is 21.6 Å². The van der Waals surface area contributed by atoms with E-state index in [9.17, 15) is 8.78 Å². The van der Waals surface area contributed by atoms with Gasteiger partial charge in [0.15, 0.2) is 0 Å². The first-order chi connectivity index (χ1) is 9.63. The van der Waals surface area contributed by atoms with Crippen LogP contribution in [0.1, 0.15) is 24.3 Å². The summed E-state index contributed by atoms with van der Waals surface area (Å²) in [6.07, 6.45) is 1.80. The van der Waals surface area contributed by atoms with Crippen LogP contribution in [-0.2, 0) is 0 Å². The SMILES string of the molecule is Fc1ccc(NC2CC(c3ccccc3F)C2)cc1Br. The molecule has 0 aromatic heterocycles. The summed E-state index contributed by atoms with van der Waals surface area (Å²) in [5, 5.41) is 3.35. The van der Waals surface area contributed by atoms with Crippen LogP contribution in [0.2, 0.25) is 0 Å². The van der Waals surface area contributed by atoms with Crippen LogP contribution in [0, 0.1) is 11.6 Å². The van der Waals surface area contributed by atoms with Gasteiger partial charge in [0.1, 0.15) is 11.6 Å². The zero-order valence-corrected chi connectivity index (χ0v) is 12.3. The van der Waals surface area contributed by atoms with Gasteiger partial charge < -0.3 is 5.32 Å². The molecule has 1 saturated carbocycles. The van der Waals surface area contributed by atoms with Crippen molar-refractivity contribution in [2.75, 3.05) is 5.32 Å². The van der Waals surface area contributed by atoms with Crippen molar-refractivity contribution in [3.8, 4) is 0 Å². The topological polar surface area (TPSA) is 12.0 Å². The lowest BCUT2D eigenvalue weighted by Gasteiger charge is -2.37. The van der Waals surface area contributed by atoms with Gasteiger partial charge in [-0.05, 0) is 64.5 Å². The van der Waals surface area contributed by atoms with E-state index < -0.39 is 0 Å². The minimum absolute atomic E-state index is 0.125. The van der Waals surface area contributed by atoms with Crippen LogP contribution in [0.25, 0.3) is 0 Å². The molecule has 0 saturated heterocycles. The Kier molecular flexibility index (Phi) is 3.74. The highest BCUT2D eigenvalue weighted by Gasteiger charge is 2.31. The zero-order valence-electron chi connectivity index (χ0n) is 10.7. The minimum Gasteiger partial charge on any atom is -0.382 e. The molecule has 1 nitrogen and oxygen atoms in total. The number of benzene rings is 2. The van der Waals surface area contributed by atoms with Gasteiger partial charge in [0, 0.05) is 11.7 Å². The molecule has 0 aliphatic heterocycles. The Hall–Kier alpha value is -1.42. The van der Waals surface area contributed by atoms with Crippen LogP contribution >= 0.6 is 15.9 Å². The summed E-state index contributed by atoms with van der Waals surface area (Å²) in [5.41, 5.74) is 1.68. The Morgan fingerprint density at radius 2 is 1.75 bits per heavy atom. The van der Waals surface area contributed by atoms with Crippen molar-refractivity contribution in [2.24, 2.45) is 0 Å². The summed E-state index contributed by atoms with van der Waals surface area (Å²) in [7, 11) is 0. The third-order valence-corrected chi connectivity index (χ3v) is 4.38. The van der Waals surface area contributed by atoms with Crippen LogP contribution in [-0.4, -0.2) is 6.04 Å².